The van der Waals surface area contributed by atoms with Crippen molar-refractivity contribution in [3.8, 4) is 11.1 Å². The SMILES string of the molecule is O=C1C[C@@H](c2ccccc2)c2sc(C(=O)O)c(-c3ccccc3)c2N1. The maximum absolute atomic E-state index is 12.3. The zero-order valence-electron chi connectivity index (χ0n) is 13.2. The van der Waals surface area contributed by atoms with Crippen molar-refractivity contribution >= 4 is 28.9 Å². The van der Waals surface area contributed by atoms with Crippen LogP contribution in [0.4, 0.5) is 5.69 Å². The van der Waals surface area contributed by atoms with Crippen LogP contribution in [0.3, 0.4) is 0 Å². The van der Waals surface area contributed by atoms with E-state index in [1.54, 1.807) is 0 Å². The molecular weight excluding hydrogens is 334 g/mol. The first-order valence-corrected chi connectivity index (χ1v) is 8.77. The molecule has 0 saturated heterocycles. The lowest BCUT2D eigenvalue weighted by Gasteiger charge is -2.23. The van der Waals surface area contributed by atoms with Gasteiger partial charge >= 0.3 is 5.97 Å². The summed E-state index contributed by atoms with van der Waals surface area (Å²) in [5, 5.41) is 12.6. The van der Waals surface area contributed by atoms with E-state index in [-0.39, 0.29) is 16.7 Å². The van der Waals surface area contributed by atoms with Crippen LogP contribution in [-0.2, 0) is 4.79 Å². The zero-order chi connectivity index (χ0) is 17.4. The molecule has 2 heterocycles. The molecule has 3 aromatic rings. The van der Waals surface area contributed by atoms with Gasteiger partial charge in [-0.2, -0.15) is 0 Å². The Morgan fingerprint density at radius 3 is 2.32 bits per heavy atom. The molecule has 1 amide bonds. The number of aromatic carboxylic acids is 1. The summed E-state index contributed by atoms with van der Waals surface area (Å²) >= 11 is 1.26. The first-order chi connectivity index (χ1) is 12.1. The first-order valence-electron chi connectivity index (χ1n) is 7.95. The molecule has 25 heavy (non-hydrogen) atoms. The Kier molecular flexibility index (Phi) is 3.86. The van der Waals surface area contributed by atoms with Gasteiger partial charge in [-0.25, -0.2) is 4.79 Å². The molecule has 4 rings (SSSR count). The number of hydrogen-bond donors (Lipinski definition) is 2. The number of carboxylic acid groups (broad SMARTS) is 1. The van der Waals surface area contributed by atoms with Gasteiger partial charge in [0.1, 0.15) is 4.88 Å². The third-order valence-electron chi connectivity index (χ3n) is 4.36. The molecule has 1 aliphatic heterocycles. The van der Waals surface area contributed by atoms with Crippen molar-refractivity contribution in [3.05, 3.63) is 76.0 Å². The van der Waals surface area contributed by atoms with Gasteiger partial charge in [0.05, 0.1) is 5.69 Å². The van der Waals surface area contributed by atoms with E-state index in [9.17, 15) is 14.7 Å². The second kappa shape index (κ2) is 6.18. The zero-order valence-corrected chi connectivity index (χ0v) is 14.0. The number of nitrogens with one attached hydrogen (secondary N) is 1. The quantitative estimate of drug-likeness (QED) is 0.727. The molecule has 2 N–H and O–H groups in total. The van der Waals surface area contributed by atoms with Crippen molar-refractivity contribution in [2.45, 2.75) is 12.3 Å². The molecule has 0 unspecified atom stereocenters. The largest absolute Gasteiger partial charge is 0.477 e. The van der Waals surface area contributed by atoms with E-state index in [0.29, 0.717) is 17.7 Å². The minimum Gasteiger partial charge on any atom is -0.477 e. The Morgan fingerprint density at radius 1 is 1.04 bits per heavy atom. The van der Waals surface area contributed by atoms with Gasteiger partial charge in [0.15, 0.2) is 0 Å². The van der Waals surface area contributed by atoms with E-state index < -0.39 is 5.97 Å². The normalized spacial score (nSPS) is 16.2. The molecule has 4 nitrogen and oxygen atoms in total. The molecule has 5 heteroatoms. The van der Waals surface area contributed by atoms with Crippen LogP contribution in [-0.4, -0.2) is 17.0 Å². The molecule has 0 bridgehead atoms. The fourth-order valence-electron chi connectivity index (χ4n) is 3.27. The Morgan fingerprint density at radius 2 is 1.68 bits per heavy atom. The second-order valence-electron chi connectivity index (χ2n) is 5.93. The molecule has 124 valence electrons. The fourth-order valence-corrected chi connectivity index (χ4v) is 4.52. The van der Waals surface area contributed by atoms with Crippen molar-refractivity contribution in [1.29, 1.82) is 0 Å². The average Bonchev–Trinajstić information content (AvgIpc) is 3.02. The van der Waals surface area contributed by atoms with Crippen LogP contribution < -0.4 is 5.32 Å². The van der Waals surface area contributed by atoms with Crippen LogP contribution >= 0.6 is 11.3 Å². The summed E-state index contributed by atoms with van der Waals surface area (Å²) in [5.41, 5.74) is 3.06. The number of fused-ring (bicyclic) bond motifs is 1. The van der Waals surface area contributed by atoms with Gasteiger partial charge in [0, 0.05) is 22.8 Å². The van der Waals surface area contributed by atoms with E-state index in [2.05, 4.69) is 5.32 Å². The van der Waals surface area contributed by atoms with Crippen LogP contribution in [0.1, 0.15) is 32.5 Å². The van der Waals surface area contributed by atoms with Crippen LogP contribution in [0.5, 0.6) is 0 Å². The lowest BCUT2D eigenvalue weighted by Crippen LogP contribution is -2.22. The molecule has 1 aliphatic rings. The Balaban J connectivity index is 1.95. The average molecular weight is 349 g/mol. The third-order valence-corrected chi connectivity index (χ3v) is 5.66. The van der Waals surface area contributed by atoms with Crippen LogP contribution in [0, 0.1) is 0 Å². The molecule has 0 radical (unpaired) electrons. The minimum atomic E-state index is -0.973. The summed E-state index contributed by atoms with van der Waals surface area (Å²) in [6.45, 7) is 0. The smallest absolute Gasteiger partial charge is 0.346 e. The van der Waals surface area contributed by atoms with E-state index in [0.717, 1.165) is 16.0 Å². The Hall–Kier alpha value is -2.92. The number of carboxylic acids is 1. The van der Waals surface area contributed by atoms with Gasteiger partial charge in [-0.3, -0.25) is 4.79 Å². The Labute approximate surface area is 148 Å². The number of thiophene rings is 1. The van der Waals surface area contributed by atoms with Crippen molar-refractivity contribution in [3.63, 3.8) is 0 Å². The number of rotatable bonds is 3. The predicted molar refractivity (Wildman–Crippen MR) is 98.2 cm³/mol. The molecule has 1 atom stereocenters. The summed E-state index contributed by atoms with van der Waals surface area (Å²) in [6, 6.07) is 19.1. The summed E-state index contributed by atoms with van der Waals surface area (Å²) < 4.78 is 0. The first kappa shape index (κ1) is 15.6. The van der Waals surface area contributed by atoms with Gasteiger partial charge in [0.25, 0.3) is 0 Å². The molecule has 1 aromatic heterocycles. The highest BCUT2D eigenvalue weighted by Crippen LogP contribution is 2.49. The third kappa shape index (κ3) is 2.72. The summed E-state index contributed by atoms with van der Waals surface area (Å²) in [6.07, 6.45) is 0.324. The van der Waals surface area contributed by atoms with Crippen LogP contribution in [0.25, 0.3) is 11.1 Å². The van der Waals surface area contributed by atoms with Gasteiger partial charge in [-0.15, -0.1) is 11.3 Å². The highest BCUT2D eigenvalue weighted by atomic mass is 32.1. The summed E-state index contributed by atoms with van der Waals surface area (Å²) in [7, 11) is 0. The van der Waals surface area contributed by atoms with Gasteiger partial charge in [0.2, 0.25) is 5.91 Å². The topological polar surface area (TPSA) is 66.4 Å². The van der Waals surface area contributed by atoms with E-state index in [4.69, 9.17) is 0 Å². The standard InChI is InChI=1S/C20H15NO3S/c22-15-11-14(12-7-3-1-4-8-12)18-17(21-15)16(19(25-18)20(23)24)13-9-5-2-6-10-13/h1-10,14H,11H2,(H,21,22)(H,23,24)/t14-/m0/s1. The van der Waals surface area contributed by atoms with Crippen molar-refractivity contribution in [1.82, 2.24) is 0 Å². The van der Waals surface area contributed by atoms with E-state index >= 15 is 0 Å². The molecular formula is C20H15NO3S. The molecule has 0 spiro atoms. The number of hydrogen-bond acceptors (Lipinski definition) is 3. The van der Waals surface area contributed by atoms with Crippen molar-refractivity contribution < 1.29 is 14.7 Å². The monoisotopic (exact) mass is 349 g/mol. The maximum Gasteiger partial charge on any atom is 0.346 e. The van der Waals surface area contributed by atoms with Crippen LogP contribution in [0.2, 0.25) is 0 Å². The second-order valence-corrected chi connectivity index (χ2v) is 6.98. The predicted octanol–water partition coefficient (Wildman–Crippen LogP) is 4.59. The molecule has 2 aromatic carbocycles. The highest BCUT2D eigenvalue weighted by molar-refractivity contribution is 7.15. The van der Waals surface area contributed by atoms with Gasteiger partial charge in [-0.1, -0.05) is 60.7 Å². The van der Waals surface area contributed by atoms with Crippen LogP contribution in [0.15, 0.2) is 60.7 Å². The Bertz CT molecular complexity index is 948. The molecule has 0 saturated carbocycles. The fraction of sp³-hybridized carbons (Fsp3) is 0.100. The lowest BCUT2D eigenvalue weighted by atomic mass is 9.89. The number of benzene rings is 2. The number of amides is 1. The molecule has 0 fully saturated rings. The number of anilines is 1. The summed E-state index contributed by atoms with van der Waals surface area (Å²) in [4.78, 5) is 25.3. The minimum absolute atomic E-state index is 0.0896. The van der Waals surface area contributed by atoms with Gasteiger partial charge < -0.3 is 10.4 Å². The van der Waals surface area contributed by atoms with E-state index in [1.165, 1.54) is 11.3 Å². The summed E-state index contributed by atoms with van der Waals surface area (Å²) in [5.74, 6) is -1.18. The highest BCUT2D eigenvalue weighted by Gasteiger charge is 2.34. The van der Waals surface area contributed by atoms with E-state index in [1.807, 2.05) is 60.7 Å². The molecule has 0 aliphatic carbocycles. The van der Waals surface area contributed by atoms with Crippen molar-refractivity contribution in [2.24, 2.45) is 0 Å². The van der Waals surface area contributed by atoms with Crippen molar-refractivity contribution in [2.75, 3.05) is 5.32 Å². The maximum atomic E-state index is 12.3. The lowest BCUT2D eigenvalue weighted by molar-refractivity contribution is -0.116. The number of carbonyl (C=O) groups is 2. The number of carbonyl (C=O) groups excluding carboxylic acids is 1. The van der Waals surface area contributed by atoms with Gasteiger partial charge in [-0.05, 0) is 11.1 Å².